The average molecular weight is 968 g/mol. The van der Waals surface area contributed by atoms with Gasteiger partial charge in [0.05, 0.1) is 16.8 Å². The fourth-order valence-corrected chi connectivity index (χ4v) is 12.7. The van der Waals surface area contributed by atoms with Crippen molar-refractivity contribution < 1.29 is 0 Å². The molecule has 1 spiro atoms. The molecule has 13 aromatic carbocycles. The van der Waals surface area contributed by atoms with Gasteiger partial charge in [0.15, 0.2) is 0 Å². The Morgan fingerprint density at radius 2 is 0.592 bits per heavy atom. The molecule has 0 amide bonds. The van der Waals surface area contributed by atoms with Crippen LogP contribution in [-0.2, 0) is 5.41 Å². The molecular weight excluding hydrogens is 919 g/mol. The molecular formula is C73H49N3. The zero-order chi connectivity index (χ0) is 50.2. The van der Waals surface area contributed by atoms with Gasteiger partial charge in [0.2, 0.25) is 0 Å². The van der Waals surface area contributed by atoms with Gasteiger partial charge in [0.1, 0.15) is 0 Å². The second-order valence-electron chi connectivity index (χ2n) is 20.0. The van der Waals surface area contributed by atoms with Crippen LogP contribution in [0.3, 0.4) is 0 Å². The molecule has 0 fully saturated rings. The van der Waals surface area contributed by atoms with Crippen molar-refractivity contribution in [1.29, 1.82) is 0 Å². The van der Waals surface area contributed by atoms with E-state index in [1.165, 1.54) is 76.8 Å². The van der Waals surface area contributed by atoms with Crippen LogP contribution in [0.15, 0.2) is 297 Å². The van der Waals surface area contributed by atoms with Gasteiger partial charge in [0, 0.05) is 50.6 Å². The second-order valence-corrected chi connectivity index (χ2v) is 20.0. The summed E-state index contributed by atoms with van der Waals surface area (Å²) in [6.45, 7) is 0. The average Bonchev–Trinajstić information content (AvgIpc) is 4.01. The summed E-state index contributed by atoms with van der Waals surface area (Å²) in [4.78, 5) is 7.32. The maximum Gasteiger partial charge on any atom is 0.0727 e. The third kappa shape index (κ3) is 6.76. The SMILES string of the molecule is c1ccc(N(c2ccc3c(c2)C2(c4ccccc4-c4cc(N(c5ccccc5)c5cccc6ccccc56)ccc42)c2cc(N(c4ccccc4)c4cccc5ccccc45)ccc2-3)c2ccc3ccccc3c2)cc1. The normalized spacial score (nSPS) is 13.8. The van der Waals surface area contributed by atoms with E-state index in [1.807, 2.05) is 0 Å². The van der Waals surface area contributed by atoms with Crippen LogP contribution in [0.4, 0.5) is 51.2 Å². The number of anilines is 9. The summed E-state index contributed by atoms with van der Waals surface area (Å²) >= 11 is 0. The van der Waals surface area contributed by atoms with Crippen LogP contribution in [-0.4, -0.2) is 0 Å². The zero-order valence-corrected chi connectivity index (χ0v) is 41.6. The van der Waals surface area contributed by atoms with Gasteiger partial charge in [-0.2, -0.15) is 0 Å². The monoisotopic (exact) mass is 967 g/mol. The number of hydrogen-bond donors (Lipinski definition) is 0. The third-order valence-corrected chi connectivity index (χ3v) is 16.0. The summed E-state index contributed by atoms with van der Waals surface area (Å²) in [5.41, 5.74) is 19.3. The van der Waals surface area contributed by atoms with Gasteiger partial charge in [0.25, 0.3) is 0 Å². The Morgan fingerprint density at radius 3 is 1.18 bits per heavy atom. The highest BCUT2D eigenvalue weighted by Gasteiger charge is 2.52. The van der Waals surface area contributed by atoms with Gasteiger partial charge in [-0.25, -0.2) is 0 Å². The van der Waals surface area contributed by atoms with Gasteiger partial charge in [-0.3, -0.25) is 0 Å². The van der Waals surface area contributed by atoms with E-state index in [4.69, 9.17) is 0 Å². The van der Waals surface area contributed by atoms with Gasteiger partial charge >= 0.3 is 0 Å². The van der Waals surface area contributed by atoms with E-state index in [1.54, 1.807) is 0 Å². The standard InChI is InChI=1S/C73H49N3/c1-4-26-54(27-5-1)74(57-39-38-50-20-10-11-23-53(50)46-57)59-40-43-64-65-44-41-60(76(56-30-8-3-9-31-56)72-37-19-25-52-22-13-15-33-62(52)72)49-70(65)73(69(64)48-59)67-35-17-16-34-63(67)66-47-58(42-45-68(66)73)75(55-28-6-2-7-29-55)71-36-18-24-51-21-12-14-32-61(51)71/h1-49H. The quantitative estimate of drug-likeness (QED) is 0.143. The van der Waals surface area contributed by atoms with Crippen LogP contribution in [0.5, 0.6) is 0 Å². The Bertz CT molecular complexity index is 4370. The minimum absolute atomic E-state index is 0.689. The maximum atomic E-state index is 2.51. The first-order chi connectivity index (χ1) is 37.7. The molecule has 0 N–H and O–H groups in total. The van der Waals surface area contributed by atoms with Crippen LogP contribution >= 0.6 is 0 Å². The summed E-state index contributed by atoms with van der Waals surface area (Å²) in [5, 5.41) is 7.23. The molecule has 0 aromatic heterocycles. The van der Waals surface area contributed by atoms with Crippen molar-refractivity contribution >= 4 is 83.5 Å². The van der Waals surface area contributed by atoms with Crippen molar-refractivity contribution in [3.05, 3.63) is 320 Å². The highest BCUT2D eigenvalue weighted by Crippen LogP contribution is 2.65. The Kier molecular flexibility index (Phi) is 10.1. The lowest BCUT2D eigenvalue weighted by molar-refractivity contribution is 0.793. The van der Waals surface area contributed by atoms with Crippen molar-refractivity contribution in [2.45, 2.75) is 5.41 Å². The van der Waals surface area contributed by atoms with Crippen LogP contribution in [0.1, 0.15) is 22.3 Å². The highest BCUT2D eigenvalue weighted by molar-refractivity contribution is 6.03. The molecule has 76 heavy (non-hydrogen) atoms. The van der Waals surface area contributed by atoms with Crippen LogP contribution in [0, 0.1) is 0 Å². The lowest BCUT2D eigenvalue weighted by Crippen LogP contribution is -2.26. The molecule has 0 radical (unpaired) electrons. The first kappa shape index (κ1) is 43.6. The van der Waals surface area contributed by atoms with Gasteiger partial charge < -0.3 is 14.7 Å². The first-order valence-electron chi connectivity index (χ1n) is 26.2. The Balaban J connectivity index is 1.00. The summed E-state index contributed by atoms with van der Waals surface area (Å²) in [6.07, 6.45) is 0. The molecule has 0 heterocycles. The van der Waals surface area contributed by atoms with E-state index in [-0.39, 0.29) is 0 Å². The van der Waals surface area contributed by atoms with Crippen molar-refractivity contribution in [3.63, 3.8) is 0 Å². The minimum atomic E-state index is -0.689. The molecule has 13 aromatic rings. The third-order valence-electron chi connectivity index (χ3n) is 16.0. The molecule has 2 aliphatic carbocycles. The van der Waals surface area contributed by atoms with E-state index in [9.17, 15) is 0 Å². The summed E-state index contributed by atoms with van der Waals surface area (Å²) in [7, 11) is 0. The maximum absolute atomic E-state index is 2.51. The van der Waals surface area contributed by atoms with Gasteiger partial charge in [-0.05, 0) is 163 Å². The molecule has 0 aliphatic heterocycles. The summed E-state index contributed by atoms with van der Waals surface area (Å²) in [6, 6.07) is 110. The van der Waals surface area contributed by atoms with Crippen LogP contribution < -0.4 is 14.7 Å². The van der Waals surface area contributed by atoms with E-state index in [2.05, 4.69) is 312 Å². The first-order valence-corrected chi connectivity index (χ1v) is 26.2. The number of para-hydroxylation sites is 3. The van der Waals surface area contributed by atoms with E-state index in [0.29, 0.717) is 0 Å². The zero-order valence-electron chi connectivity index (χ0n) is 41.6. The van der Waals surface area contributed by atoms with E-state index < -0.39 is 5.41 Å². The fourth-order valence-electron chi connectivity index (χ4n) is 12.7. The number of fused-ring (bicyclic) bond motifs is 13. The lowest BCUT2D eigenvalue weighted by atomic mass is 9.70. The van der Waals surface area contributed by atoms with Crippen molar-refractivity contribution in [3.8, 4) is 22.3 Å². The summed E-state index contributed by atoms with van der Waals surface area (Å²) < 4.78 is 0. The topological polar surface area (TPSA) is 9.72 Å². The molecule has 356 valence electrons. The largest absolute Gasteiger partial charge is 0.310 e. The van der Waals surface area contributed by atoms with Gasteiger partial charge in [-0.15, -0.1) is 0 Å². The lowest BCUT2D eigenvalue weighted by Gasteiger charge is -2.34. The minimum Gasteiger partial charge on any atom is -0.310 e. The Morgan fingerprint density at radius 1 is 0.197 bits per heavy atom. The number of benzene rings is 13. The molecule has 1 unspecified atom stereocenters. The molecule has 15 rings (SSSR count). The number of nitrogens with zero attached hydrogens (tertiary/aromatic N) is 3. The van der Waals surface area contributed by atoms with Gasteiger partial charge in [-0.1, -0.05) is 200 Å². The Labute approximate surface area is 443 Å². The highest BCUT2D eigenvalue weighted by atomic mass is 15.2. The molecule has 0 bridgehead atoms. The molecule has 2 aliphatic rings. The molecule has 3 heteroatoms. The number of rotatable bonds is 9. The summed E-state index contributed by atoms with van der Waals surface area (Å²) in [5.74, 6) is 0. The predicted molar refractivity (Wildman–Crippen MR) is 319 cm³/mol. The van der Waals surface area contributed by atoms with E-state index >= 15 is 0 Å². The molecule has 1 atom stereocenters. The molecule has 0 saturated heterocycles. The molecule has 3 nitrogen and oxygen atoms in total. The number of hydrogen-bond acceptors (Lipinski definition) is 3. The van der Waals surface area contributed by atoms with Crippen molar-refractivity contribution in [2.75, 3.05) is 14.7 Å². The van der Waals surface area contributed by atoms with Crippen LogP contribution in [0.25, 0.3) is 54.6 Å². The second kappa shape index (κ2) is 17.6. The predicted octanol–water partition coefficient (Wildman–Crippen LogP) is 19.9. The van der Waals surface area contributed by atoms with Crippen molar-refractivity contribution in [2.24, 2.45) is 0 Å². The van der Waals surface area contributed by atoms with Crippen molar-refractivity contribution in [1.82, 2.24) is 0 Å². The fraction of sp³-hybridized carbons (Fsp3) is 0.0137. The smallest absolute Gasteiger partial charge is 0.0727 e. The Hall–Kier alpha value is -9.96. The molecule has 0 saturated carbocycles. The van der Waals surface area contributed by atoms with E-state index in [0.717, 1.165) is 51.2 Å². The van der Waals surface area contributed by atoms with Crippen LogP contribution in [0.2, 0.25) is 0 Å².